The van der Waals surface area contributed by atoms with Crippen LogP contribution in [0, 0.1) is 5.92 Å². The van der Waals surface area contributed by atoms with Crippen molar-refractivity contribution >= 4 is 23.1 Å². The van der Waals surface area contributed by atoms with E-state index in [2.05, 4.69) is 4.99 Å². The molecule has 3 aromatic carbocycles. The SMILES string of the molecule is CCCOc1ccc([C@@H](O)[C@@H](C)C(=O)C2(N)N=C(c3ccccc3)c3ccccc3N(C)C2=O)cc1. The zero-order valence-electron chi connectivity index (χ0n) is 20.7. The standard InChI is InChI=1S/C29H31N3O4/c1-4-18-36-22-16-14-21(15-17-22)26(33)19(2)27(34)29(30)28(35)32(3)24-13-9-8-12-23(24)25(31-29)20-10-6-5-7-11-20/h5-17,19,26,33H,4,18,30H2,1-3H3/t19-,26+,29?/m1/s1. The van der Waals surface area contributed by atoms with Gasteiger partial charge in [-0.25, -0.2) is 4.99 Å². The number of aliphatic imine (C=N–C) groups is 1. The number of benzene rings is 3. The van der Waals surface area contributed by atoms with Crippen LogP contribution < -0.4 is 15.4 Å². The van der Waals surface area contributed by atoms with Crippen LogP contribution in [-0.2, 0) is 9.59 Å². The largest absolute Gasteiger partial charge is 0.494 e. The molecule has 1 aliphatic heterocycles. The van der Waals surface area contributed by atoms with Crippen molar-refractivity contribution in [2.45, 2.75) is 32.0 Å². The Morgan fingerprint density at radius 1 is 1.06 bits per heavy atom. The zero-order valence-corrected chi connectivity index (χ0v) is 20.7. The van der Waals surface area contributed by atoms with Gasteiger partial charge >= 0.3 is 0 Å². The van der Waals surface area contributed by atoms with Crippen molar-refractivity contribution in [3.63, 3.8) is 0 Å². The van der Waals surface area contributed by atoms with E-state index >= 15 is 0 Å². The number of ether oxygens (including phenoxy) is 1. The topological polar surface area (TPSA) is 105 Å². The lowest BCUT2D eigenvalue weighted by Gasteiger charge is -2.30. The molecule has 0 saturated heterocycles. The summed E-state index contributed by atoms with van der Waals surface area (Å²) in [6.07, 6.45) is -0.302. The predicted molar refractivity (Wildman–Crippen MR) is 140 cm³/mol. The minimum atomic E-state index is -2.22. The minimum Gasteiger partial charge on any atom is -0.494 e. The number of carbonyl (C=O) groups excluding carboxylic acids is 2. The van der Waals surface area contributed by atoms with Crippen LogP contribution in [0.5, 0.6) is 5.75 Å². The number of nitrogens with two attached hydrogens (primary N) is 1. The second kappa shape index (κ2) is 10.4. The number of para-hydroxylation sites is 1. The molecule has 7 nitrogen and oxygen atoms in total. The van der Waals surface area contributed by atoms with Gasteiger partial charge in [-0.2, -0.15) is 0 Å². The number of anilines is 1. The summed E-state index contributed by atoms with van der Waals surface area (Å²) in [6, 6.07) is 23.5. The molecule has 1 amide bonds. The van der Waals surface area contributed by atoms with Crippen LogP contribution in [0.1, 0.15) is 43.1 Å². The van der Waals surface area contributed by atoms with Gasteiger partial charge in [-0.15, -0.1) is 0 Å². The molecule has 0 saturated carbocycles. The Kier molecular flexibility index (Phi) is 7.33. The van der Waals surface area contributed by atoms with Crippen molar-refractivity contribution in [3.05, 3.63) is 95.6 Å². The van der Waals surface area contributed by atoms with Crippen LogP contribution in [0.25, 0.3) is 0 Å². The molecule has 3 aromatic rings. The van der Waals surface area contributed by atoms with Crippen LogP contribution in [-0.4, -0.2) is 41.8 Å². The zero-order chi connectivity index (χ0) is 25.9. The highest BCUT2D eigenvalue weighted by molar-refractivity contribution is 6.25. The van der Waals surface area contributed by atoms with Gasteiger partial charge in [-0.1, -0.05) is 74.5 Å². The third kappa shape index (κ3) is 4.67. The summed E-state index contributed by atoms with van der Waals surface area (Å²) in [7, 11) is 1.58. The van der Waals surface area contributed by atoms with Crippen molar-refractivity contribution in [2.75, 3.05) is 18.6 Å². The Bertz CT molecular complexity index is 1270. The number of Topliss-reactive ketones (excluding diaryl/α,β-unsaturated/α-hetero) is 1. The van der Waals surface area contributed by atoms with Gasteiger partial charge in [0, 0.05) is 24.1 Å². The number of likely N-dealkylation sites (N-methyl/N-ethyl adjacent to an activating group) is 1. The average molecular weight is 486 g/mol. The summed E-state index contributed by atoms with van der Waals surface area (Å²) in [5.41, 5.74) is 7.34. The number of benzodiazepines with no additional fused rings is 1. The molecule has 0 radical (unpaired) electrons. The molecule has 186 valence electrons. The number of aliphatic hydroxyl groups excluding tert-OH is 1. The van der Waals surface area contributed by atoms with Crippen molar-refractivity contribution in [1.82, 2.24) is 0 Å². The van der Waals surface area contributed by atoms with Gasteiger partial charge in [0.2, 0.25) is 5.66 Å². The van der Waals surface area contributed by atoms with Gasteiger partial charge in [0.15, 0.2) is 5.78 Å². The first-order chi connectivity index (χ1) is 17.3. The number of fused-ring (bicyclic) bond motifs is 1. The Morgan fingerprint density at radius 2 is 1.69 bits per heavy atom. The molecule has 1 unspecified atom stereocenters. The summed E-state index contributed by atoms with van der Waals surface area (Å²) in [5.74, 6) is -1.65. The summed E-state index contributed by atoms with van der Waals surface area (Å²) in [4.78, 5) is 33.4. The molecule has 0 aromatic heterocycles. The van der Waals surface area contributed by atoms with E-state index in [9.17, 15) is 14.7 Å². The van der Waals surface area contributed by atoms with Crippen LogP contribution in [0.3, 0.4) is 0 Å². The maximum atomic E-state index is 13.8. The van der Waals surface area contributed by atoms with Crippen molar-refractivity contribution < 1.29 is 19.4 Å². The van der Waals surface area contributed by atoms with Crippen LogP contribution >= 0.6 is 0 Å². The summed E-state index contributed by atoms with van der Waals surface area (Å²) in [5, 5.41) is 11.1. The number of ketones is 1. The molecule has 7 heteroatoms. The molecule has 0 spiro atoms. The Morgan fingerprint density at radius 3 is 2.36 bits per heavy atom. The van der Waals surface area contributed by atoms with Crippen molar-refractivity contribution in [3.8, 4) is 5.75 Å². The molecule has 0 bridgehead atoms. The van der Waals surface area contributed by atoms with Crippen molar-refractivity contribution in [1.29, 1.82) is 0 Å². The lowest BCUT2D eigenvalue weighted by Crippen LogP contribution is -2.60. The number of hydrogen-bond acceptors (Lipinski definition) is 6. The highest BCUT2D eigenvalue weighted by Crippen LogP contribution is 2.33. The number of amides is 1. The van der Waals surface area contributed by atoms with E-state index in [1.165, 1.54) is 4.90 Å². The third-order valence-corrected chi connectivity index (χ3v) is 6.44. The van der Waals surface area contributed by atoms with E-state index in [1.54, 1.807) is 44.3 Å². The second-order valence-corrected chi connectivity index (χ2v) is 8.99. The van der Waals surface area contributed by atoms with Crippen molar-refractivity contribution in [2.24, 2.45) is 16.6 Å². The lowest BCUT2D eigenvalue weighted by atomic mass is 9.86. The third-order valence-electron chi connectivity index (χ3n) is 6.44. The minimum absolute atomic E-state index is 0.443. The molecule has 0 fully saturated rings. The summed E-state index contributed by atoms with van der Waals surface area (Å²) < 4.78 is 5.60. The second-order valence-electron chi connectivity index (χ2n) is 8.99. The van der Waals surface area contributed by atoms with E-state index in [0.717, 1.165) is 12.0 Å². The fourth-order valence-electron chi connectivity index (χ4n) is 4.35. The van der Waals surface area contributed by atoms with Gasteiger partial charge in [0.25, 0.3) is 5.91 Å². The number of carbonyl (C=O) groups is 2. The average Bonchev–Trinajstić information content (AvgIpc) is 3.01. The van der Waals surface area contributed by atoms with Gasteiger partial charge in [-0.05, 0) is 30.2 Å². The fourth-order valence-corrected chi connectivity index (χ4v) is 4.35. The first-order valence-corrected chi connectivity index (χ1v) is 12.0. The Labute approximate surface area is 211 Å². The quantitative estimate of drug-likeness (QED) is 0.471. The van der Waals surface area contributed by atoms with Crippen LogP contribution in [0.4, 0.5) is 5.69 Å². The highest BCUT2D eigenvalue weighted by Gasteiger charge is 2.49. The molecule has 4 rings (SSSR count). The summed E-state index contributed by atoms with van der Waals surface area (Å²) in [6.45, 7) is 4.17. The molecule has 3 N–H and O–H groups in total. The Balaban J connectivity index is 1.73. The fraction of sp³-hybridized carbons (Fsp3) is 0.276. The maximum Gasteiger partial charge on any atom is 0.277 e. The predicted octanol–water partition coefficient (Wildman–Crippen LogP) is 3.88. The van der Waals surface area contributed by atoms with E-state index in [1.807, 2.05) is 55.5 Å². The molecular weight excluding hydrogens is 454 g/mol. The molecule has 36 heavy (non-hydrogen) atoms. The number of nitrogens with zero attached hydrogens (tertiary/aromatic N) is 2. The van der Waals surface area contributed by atoms with Crippen LogP contribution in [0.2, 0.25) is 0 Å². The maximum absolute atomic E-state index is 13.8. The van der Waals surface area contributed by atoms with E-state index in [4.69, 9.17) is 10.5 Å². The van der Waals surface area contributed by atoms with Gasteiger partial charge < -0.3 is 14.7 Å². The van der Waals surface area contributed by atoms with E-state index in [-0.39, 0.29) is 0 Å². The highest BCUT2D eigenvalue weighted by atomic mass is 16.5. The first kappa shape index (κ1) is 25.3. The smallest absolute Gasteiger partial charge is 0.277 e. The van der Waals surface area contributed by atoms with E-state index in [0.29, 0.717) is 34.9 Å². The number of aliphatic hydroxyl groups is 1. The van der Waals surface area contributed by atoms with Gasteiger partial charge in [0.05, 0.1) is 24.1 Å². The normalized spacial score (nSPS) is 19.1. The van der Waals surface area contributed by atoms with Gasteiger partial charge in [-0.3, -0.25) is 15.3 Å². The molecule has 1 aliphatic rings. The summed E-state index contributed by atoms with van der Waals surface area (Å²) >= 11 is 0. The molecule has 3 atom stereocenters. The molecular formula is C29H31N3O4. The monoisotopic (exact) mass is 485 g/mol. The van der Waals surface area contributed by atoms with E-state index < -0.39 is 29.4 Å². The molecule has 0 aliphatic carbocycles. The number of rotatable bonds is 8. The first-order valence-electron chi connectivity index (χ1n) is 12.0. The Hall–Kier alpha value is -3.81. The van der Waals surface area contributed by atoms with Crippen LogP contribution in [0.15, 0.2) is 83.9 Å². The lowest BCUT2D eigenvalue weighted by molar-refractivity contribution is -0.138. The molecule has 1 heterocycles. The van der Waals surface area contributed by atoms with Gasteiger partial charge in [0.1, 0.15) is 5.75 Å². The number of hydrogen-bond donors (Lipinski definition) is 2.